The van der Waals surface area contributed by atoms with Crippen LogP contribution in [0, 0.1) is 0 Å². The number of hydrogen-bond acceptors (Lipinski definition) is 3. The molecule has 2 heterocycles. The summed E-state index contributed by atoms with van der Waals surface area (Å²) in [7, 11) is 0. The van der Waals surface area contributed by atoms with E-state index in [9.17, 15) is 4.79 Å². The van der Waals surface area contributed by atoms with Crippen LogP contribution in [0.3, 0.4) is 0 Å². The second-order valence-electron chi connectivity index (χ2n) is 4.84. The Labute approximate surface area is 122 Å². The number of aromatic nitrogens is 2. The minimum absolute atomic E-state index is 0.134. The van der Waals surface area contributed by atoms with Crippen LogP contribution in [0.1, 0.15) is 36.0 Å². The number of ether oxygens (including phenoxy) is 1. The Morgan fingerprint density at radius 2 is 2.10 bits per heavy atom. The normalized spacial score (nSPS) is 18.9. The fraction of sp³-hybridized carbons (Fsp3) is 0.333. The highest BCUT2D eigenvalue weighted by molar-refractivity contribution is 6.30. The van der Waals surface area contributed by atoms with E-state index in [2.05, 4.69) is 5.10 Å². The molecule has 1 unspecified atom stereocenters. The number of halogens is 1. The third-order valence-electron chi connectivity index (χ3n) is 3.45. The Hall–Kier alpha value is -1.65. The Morgan fingerprint density at radius 1 is 1.30 bits per heavy atom. The quantitative estimate of drug-likeness (QED) is 0.809. The van der Waals surface area contributed by atoms with E-state index in [1.165, 1.54) is 0 Å². The van der Waals surface area contributed by atoms with E-state index in [0.29, 0.717) is 10.7 Å². The van der Waals surface area contributed by atoms with Crippen LogP contribution >= 0.6 is 11.6 Å². The lowest BCUT2D eigenvalue weighted by Crippen LogP contribution is -2.20. The van der Waals surface area contributed by atoms with Gasteiger partial charge in [0.1, 0.15) is 5.69 Å². The topological polar surface area (TPSA) is 44.1 Å². The molecular weight excluding hydrogens is 276 g/mol. The van der Waals surface area contributed by atoms with E-state index >= 15 is 0 Å². The molecule has 2 aromatic rings. The predicted octanol–water partition coefficient (Wildman–Crippen LogP) is 3.72. The zero-order valence-electron chi connectivity index (χ0n) is 11.0. The molecule has 0 amide bonds. The minimum atomic E-state index is -0.134. The van der Waals surface area contributed by atoms with Gasteiger partial charge in [-0.15, -0.1) is 0 Å². The molecule has 20 heavy (non-hydrogen) atoms. The molecule has 1 aromatic heterocycles. The van der Waals surface area contributed by atoms with Gasteiger partial charge in [0.15, 0.2) is 12.5 Å². The van der Waals surface area contributed by atoms with Crippen molar-refractivity contribution < 1.29 is 9.53 Å². The maximum Gasteiger partial charge on any atom is 0.168 e. The lowest BCUT2D eigenvalue weighted by atomic mass is 10.1. The van der Waals surface area contributed by atoms with Crippen LogP contribution in [0.15, 0.2) is 30.3 Å². The number of carbonyl (C=O) groups is 1. The van der Waals surface area contributed by atoms with Crippen molar-refractivity contribution in [3.05, 3.63) is 41.0 Å². The van der Waals surface area contributed by atoms with Crippen molar-refractivity contribution in [3.63, 3.8) is 0 Å². The van der Waals surface area contributed by atoms with E-state index in [1.54, 1.807) is 10.7 Å². The number of carbonyl (C=O) groups excluding carboxylic acids is 1. The number of hydrogen-bond donors (Lipinski definition) is 0. The minimum Gasteiger partial charge on any atom is -0.356 e. The predicted molar refractivity (Wildman–Crippen MR) is 76.9 cm³/mol. The molecule has 1 aliphatic rings. The molecule has 5 heteroatoms. The van der Waals surface area contributed by atoms with Crippen molar-refractivity contribution in [3.8, 4) is 11.3 Å². The van der Waals surface area contributed by atoms with E-state index in [-0.39, 0.29) is 6.23 Å². The summed E-state index contributed by atoms with van der Waals surface area (Å²) in [5, 5.41) is 5.20. The molecular formula is C15H15ClN2O2. The maximum atomic E-state index is 11.2. The van der Waals surface area contributed by atoms with Gasteiger partial charge >= 0.3 is 0 Å². The van der Waals surface area contributed by atoms with Crippen molar-refractivity contribution in [1.29, 1.82) is 0 Å². The van der Waals surface area contributed by atoms with Crippen LogP contribution in [0.25, 0.3) is 11.3 Å². The molecule has 0 spiro atoms. The van der Waals surface area contributed by atoms with Crippen LogP contribution in [0.2, 0.25) is 5.02 Å². The molecule has 1 aliphatic heterocycles. The second kappa shape index (κ2) is 5.77. The fourth-order valence-corrected chi connectivity index (χ4v) is 2.53. The molecule has 4 nitrogen and oxygen atoms in total. The molecule has 1 fully saturated rings. The summed E-state index contributed by atoms with van der Waals surface area (Å²) in [6, 6.07) is 9.20. The van der Waals surface area contributed by atoms with E-state index in [4.69, 9.17) is 16.3 Å². The standard InChI is InChI=1S/C15H15ClN2O2/c16-12-6-4-11(5-7-12)14-9-13(10-19)18(17-14)15-3-1-2-8-20-15/h4-7,9-10,15H,1-3,8H2. The monoisotopic (exact) mass is 290 g/mol. The third-order valence-corrected chi connectivity index (χ3v) is 3.71. The number of benzene rings is 1. The van der Waals surface area contributed by atoms with Gasteiger partial charge in [0.2, 0.25) is 0 Å². The van der Waals surface area contributed by atoms with E-state index < -0.39 is 0 Å². The SMILES string of the molecule is O=Cc1cc(-c2ccc(Cl)cc2)nn1C1CCCCO1. The first kappa shape index (κ1) is 13.3. The number of rotatable bonds is 3. The van der Waals surface area contributed by atoms with Gasteiger partial charge in [-0.25, -0.2) is 4.68 Å². The van der Waals surface area contributed by atoms with E-state index in [0.717, 1.165) is 43.4 Å². The summed E-state index contributed by atoms with van der Waals surface area (Å²) >= 11 is 5.88. The Kier molecular flexibility index (Phi) is 3.85. The molecule has 0 N–H and O–H groups in total. The van der Waals surface area contributed by atoms with Crippen LogP contribution in [0.5, 0.6) is 0 Å². The molecule has 0 radical (unpaired) electrons. The largest absolute Gasteiger partial charge is 0.356 e. The second-order valence-corrected chi connectivity index (χ2v) is 5.28. The highest BCUT2D eigenvalue weighted by Gasteiger charge is 2.20. The summed E-state index contributed by atoms with van der Waals surface area (Å²) in [6.45, 7) is 0.721. The van der Waals surface area contributed by atoms with Crippen LogP contribution in [-0.4, -0.2) is 22.7 Å². The maximum absolute atomic E-state index is 11.2. The smallest absolute Gasteiger partial charge is 0.168 e. The molecule has 104 valence electrons. The summed E-state index contributed by atoms with van der Waals surface area (Å²) in [5.74, 6) is 0. The van der Waals surface area contributed by atoms with Gasteiger partial charge in [-0.3, -0.25) is 4.79 Å². The average molecular weight is 291 g/mol. The van der Waals surface area contributed by atoms with Crippen molar-refractivity contribution in [2.75, 3.05) is 6.61 Å². The summed E-state index contributed by atoms with van der Waals surface area (Å²) in [6.07, 6.45) is 3.75. The summed E-state index contributed by atoms with van der Waals surface area (Å²) in [4.78, 5) is 11.2. The zero-order chi connectivity index (χ0) is 13.9. The van der Waals surface area contributed by atoms with Crippen molar-refractivity contribution in [1.82, 2.24) is 9.78 Å². The van der Waals surface area contributed by atoms with Crippen molar-refractivity contribution >= 4 is 17.9 Å². The summed E-state index contributed by atoms with van der Waals surface area (Å²) in [5.41, 5.74) is 2.24. The van der Waals surface area contributed by atoms with Gasteiger partial charge in [0.05, 0.1) is 5.69 Å². The fourth-order valence-electron chi connectivity index (χ4n) is 2.41. The first-order chi connectivity index (χ1) is 9.78. The first-order valence-electron chi connectivity index (χ1n) is 6.70. The molecule has 1 atom stereocenters. The summed E-state index contributed by atoms with van der Waals surface area (Å²) < 4.78 is 7.39. The van der Waals surface area contributed by atoms with Gasteiger partial charge in [0.25, 0.3) is 0 Å². The lowest BCUT2D eigenvalue weighted by molar-refractivity contribution is -0.0401. The highest BCUT2D eigenvalue weighted by atomic mass is 35.5. The first-order valence-corrected chi connectivity index (χ1v) is 7.08. The molecule has 0 bridgehead atoms. The Morgan fingerprint density at radius 3 is 2.75 bits per heavy atom. The Balaban J connectivity index is 1.95. The molecule has 0 saturated carbocycles. The van der Waals surface area contributed by atoms with Gasteiger partial charge in [0, 0.05) is 17.2 Å². The van der Waals surface area contributed by atoms with Gasteiger partial charge < -0.3 is 4.74 Å². The van der Waals surface area contributed by atoms with Crippen LogP contribution in [-0.2, 0) is 4.74 Å². The molecule has 3 rings (SSSR count). The zero-order valence-corrected chi connectivity index (χ0v) is 11.7. The molecule has 1 aromatic carbocycles. The highest BCUT2D eigenvalue weighted by Crippen LogP contribution is 2.27. The van der Waals surface area contributed by atoms with Gasteiger partial charge in [-0.2, -0.15) is 5.10 Å². The Bertz CT molecular complexity index is 601. The van der Waals surface area contributed by atoms with Crippen LogP contribution < -0.4 is 0 Å². The van der Waals surface area contributed by atoms with Crippen LogP contribution in [0.4, 0.5) is 0 Å². The number of nitrogens with zero attached hydrogens (tertiary/aromatic N) is 2. The average Bonchev–Trinajstić information content (AvgIpc) is 2.93. The van der Waals surface area contributed by atoms with Crippen molar-refractivity contribution in [2.45, 2.75) is 25.5 Å². The van der Waals surface area contributed by atoms with Gasteiger partial charge in [-0.05, 0) is 37.5 Å². The van der Waals surface area contributed by atoms with Crippen molar-refractivity contribution in [2.24, 2.45) is 0 Å². The van der Waals surface area contributed by atoms with Gasteiger partial charge in [-0.1, -0.05) is 23.7 Å². The lowest BCUT2D eigenvalue weighted by Gasteiger charge is -2.23. The van der Waals surface area contributed by atoms with E-state index in [1.807, 2.05) is 24.3 Å². The molecule has 0 aliphatic carbocycles. The molecule has 1 saturated heterocycles. The third kappa shape index (κ3) is 2.62. The number of aldehydes is 1.